The van der Waals surface area contributed by atoms with E-state index < -0.39 is 0 Å². The molecule has 1 saturated heterocycles. The Morgan fingerprint density at radius 1 is 1.04 bits per heavy atom. The molecule has 27 heavy (non-hydrogen) atoms. The Labute approximate surface area is 168 Å². The fourth-order valence-corrected chi connectivity index (χ4v) is 4.04. The van der Waals surface area contributed by atoms with Gasteiger partial charge in [-0.3, -0.25) is 9.59 Å². The predicted molar refractivity (Wildman–Crippen MR) is 112 cm³/mol. The molecule has 1 heterocycles. The molecule has 7 heteroatoms. The van der Waals surface area contributed by atoms with Crippen molar-refractivity contribution in [2.75, 3.05) is 42.1 Å². The first-order valence-electron chi connectivity index (χ1n) is 8.80. The van der Waals surface area contributed by atoms with Crippen molar-refractivity contribution >= 4 is 46.6 Å². The molecule has 3 rings (SSSR count). The van der Waals surface area contributed by atoms with E-state index >= 15 is 0 Å². The van der Waals surface area contributed by atoms with Gasteiger partial charge in [-0.2, -0.15) is 0 Å². The maximum absolute atomic E-state index is 12.5. The normalized spacial score (nSPS) is 14.1. The van der Waals surface area contributed by atoms with Crippen LogP contribution >= 0.6 is 23.4 Å². The number of hydrogen-bond donors (Lipinski definition) is 1. The molecule has 0 atom stereocenters. The lowest BCUT2D eigenvalue weighted by atomic mass is 10.2. The highest BCUT2D eigenvalue weighted by Gasteiger charge is 2.22. The van der Waals surface area contributed by atoms with Crippen LogP contribution in [0, 0.1) is 0 Å². The average molecular weight is 404 g/mol. The maximum Gasteiger partial charge on any atom is 0.233 e. The van der Waals surface area contributed by atoms with Gasteiger partial charge in [0.15, 0.2) is 0 Å². The van der Waals surface area contributed by atoms with Gasteiger partial charge in [-0.1, -0.05) is 23.7 Å². The standard InChI is InChI=1S/C20H22ClN3O2S/c1-15(25)22-16-6-8-17(9-7-16)27-14-20(26)24-12-10-23(11-13-24)19-5-3-2-4-18(19)21/h2-9H,10-14H2,1H3,(H,22,25). The molecule has 0 unspecified atom stereocenters. The first-order valence-corrected chi connectivity index (χ1v) is 10.2. The largest absolute Gasteiger partial charge is 0.367 e. The summed E-state index contributed by atoms with van der Waals surface area (Å²) in [7, 11) is 0. The van der Waals surface area contributed by atoms with Crippen LogP contribution in [0.5, 0.6) is 0 Å². The second-order valence-corrected chi connectivity index (χ2v) is 7.77. The molecule has 1 N–H and O–H groups in total. The van der Waals surface area contributed by atoms with Crippen LogP contribution in [0.1, 0.15) is 6.92 Å². The van der Waals surface area contributed by atoms with E-state index in [0.717, 1.165) is 34.4 Å². The van der Waals surface area contributed by atoms with Crippen molar-refractivity contribution < 1.29 is 9.59 Å². The molecule has 2 amide bonds. The number of rotatable bonds is 5. The summed E-state index contributed by atoms with van der Waals surface area (Å²) in [6.07, 6.45) is 0. The molecule has 1 aliphatic rings. The molecule has 2 aromatic carbocycles. The van der Waals surface area contributed by atoms with Gasteiger partial charge in [0.25, 0.3) is 0 Å². The summed E-state index contributed by atoms with van der Waals surface area (Å²) >= 11 is 7.78. The molecular weight excluding hydrogens is 382 g/mol. The number of anilines is 2. The van der Waals surface area contributed by atoms with Gasteiger partial charge in [-0.15, -0.1) is 11.8 Å². The number of halogens is 1. The van der Waals surface area contributed by atoms with Crippen molar-refractivity contribution in [2.24, 2.45) is 0 Å². The van der Waals surface area contributed by atoms with Crippen LogP contribution in [0.2, 0.25) is 5.02 Å². The van der Waals surface area contributed by atoms with Crippen molar-refractivity contribution in [3.63, 3.8) is 0 Å². The van der Waals surface area contributed by atoms with E-state index in [1.54, 1.807) is 0 Å². The minimum Gasteiger partial charge on any atom is -0.367 e. The Bertz CT molecular complexity index is 805. The molecule has 1 fully saturated rings. The predicted octanol–water partition coefficient (Wildman–Crippen LogP) is 3.74. The van der Waals surface area contributed by atoms with Crippen LogP contribution in [0.15, 0.2) is 53.4 Å². The zero-order valence-corrected chi connectivity index (χ0v) is 16.7. The van der Waals surface area contributed by atoms with Gasteiger partial charge in [0.05, 0.1) is 16.5 Å². The third-order valence-corrected chi connectivity index (χ3v) is 5.68. The van der Waals surface area contributed by atoms with Gasteiger partial charge in [-0.05, 0) is 36.4 Å². The van der Waals surface area contributed by atoms with Gasteiger partial charge in [0.1, 0.15) is 0 Å². The van der Waals surface area contributed by atoms with E-state index in [9.17, 15) is 9.59 Å². The molecule has 0 bridgehead atoms. The summed E-state index contributed by atoms with van der Waals surface area (Å²) in [6.45, 7) is 4.45. The lowest BCUT2D eigenvalue weighted by Crippen LogP contribution is -2.49. The van der Waals surface area contributed by atoms with Crippen LogP contribution in [-0.4, -0.2) is 48.6 Å². The number of thioether (sulfide) groups is 1. The summed E-state index contributed by atoms with van der Waals surface area (Å²) < 4.78 is 0. The smallest absolute Gasteiger partial charge is 0.233 e. The Morgan fingerprint density at radius 3 is 2.33 bits per heavy atom. The van der Waals surface area contributed by atoms with Crippen molar-refractivity contribution in [2.45, 2.75) is 11.8 Å². The van der Waals surface area contributed by atoms with E-state index in [4.69, 9.17) is 11.6 Å². The molecular formula is C20H22ClN3O2S. The summed E-state index contributed by atoms with van der Waals surface area (Å²) in [5, 5.41) is 3.48. The molecule has 0 aliphatic carbocycles. The summed E-state index contributed by atoms with van der Waals surface area (Å²) in [5.74, 6) is 0.456. The second kappa shape index (κ2) is 9.15. The Kier molecular flexibility index (Phi) is 6.63. The third kappa shape index (κ3) is 5.40. The van der Waals surface area contributed by atoms with Gasteiger partial charge in [-0.25, -0.2) is 0 Å². The monoisotopic (exact) mass is 403 g/mol. The van der Waals surface area contributed by atoms with Crippen molar-refractivity contribution in [1.29, 1.82) is 0 Å². The van der Waals surface area contributed by atoms with Crippen molar-refractivity contribution in [1.82, 2.24) is 4.90 Å². The quantitative estimate of drug-likeness (QED) is 0.772. The molecule has 0 spiro atoms. The molecule has 1 aliphatic heterocycles. The van der Waals surface area contributed by atoms with E-state index in [1.165, 1.54) is 18.7 Å². The van der Waals surface area contributed by atoms with Crippen LogP contribution in [0.25, 0.3) is 0 Å². The number of carbonyl (C=O) groups is 2. The van der Waals surface area contributed by atoms with Gasteiger partial charge in [0.2, 0.25) is 11.8 Å². The van der Waals surface area contributed by atoms with E-state index in [2.05, 4.69) is 10.2 Å². The Balaban J connectivity index is 1.47. The van der Waals surface area contributed by atoms with Crippen LogP contribution in [-0.2, 0) is 9.59 Å². The van der Waals surface area contributed by atoms with Crippen molar-refractivity contribution in [3.05, 3.63) is 53.6 Å². The van der Waals surface area contributed by atoms with Crippen LogP contribution < -0.4 is 10.2 Å². The number of amides is 2. The number of carbonyl (C=O) groups excluding carboxylic acids is 2. The average Bonchev–Trinajstić information content (AvgIpc) is 2.67. The Morgan fingerprint density at radius 2 is 1.70 bits per heavy atom. The molecule has 0 aromatic heterocycles. The second-order valence-electron chi connectivity index (χ2n) is 6.31. The molecule has 0 saturated carbocycles. The molecule has 5 nitrogen and oxygen atoms in total. The topological polar surface area (TPSA) is 52.7 Å². The number of para-hydroxylation sites is 1. The maximum atomic E-state index is 12.5. The van der Waals surface area contributed by atoms with E-state index in [-0.39, 0.29) is 11.8 Å². The fraction of sp³-hybridized carbons (Fsp3) is 0.300. The van der Waals surface area contributed by atoms with E-state index in [0.29, 0.717) is 18.8 Å². The Hall–Kier alpha value is -2.18. The molecule has 0 radical (unpaired) electrons. The van der Waals surface area contributed by atoms with E-state index in [1.807, 2.05) is 53.4 Å². The summed E-state index contributed by atoms with van der Waals surface area (Å²) in [5.41, 5.74) is 1.79. The van der Waals surface area contributed by atoms with Gasteiger partial charge < -0.3 is 15.1 Å². The summed E-state index contributed by atoms with van der Waals surface area (Å²) in [4.78, 5) is 28.7. The number of nitrogens with one attached hydrogen (secondary N) is 1. The zero-order chi connectivity index (χ0) is 19.2. The SMILES string of the molecule is CC(=O)Nc1ccc(SCC(=O)N2CCN(c3ccccc3Cl)CC2)cc1. The van der Waals surface area contributed by atoms with Crippen LogP contribution in [0.3, 0.4) is 0 Å². The number of piperazine rings is 1. The number of nitrogens with zero attached hydrogens (tertiary/aromatic N) is 2. The minimum absolute atomic E-state index is 0.0958. The number of hydrogen-bond acceptors (Lipinski definition) is 4. The summed E-state index contributed by atoms with van der Waals surface area (Å²) in [6, 6.07) is 15.3. The highest BCUT2D eigenvalue weighted by molar-refractivity contribution is 8.00. The highest BCUT2D eigenvalue weighted by atomic mass is 35.5. The number of benzene rings is 2. The fourth-order valence-electron chi connectivity index (χ4n) is 2.98. The third-order valence-electron chi connectivity index (χ3n) is 4.36. The highest BCUT2D eigenvalue weighted by Crippen LogP contribution is 2.26. The molecule has 142 valence electrons. The van der Waals surface area contributed by atoms with Gasteiger partial charge in [0, 0.05) is 43.7 Å². The van der Waals surface area contributed by atoms with Gasteiger partial charge >= 0.3 is 0 Å². The lowest BCUT2D eigenvalue weighted by Gasteiger charge is -2.36. The molecule has 2 aromatic rings. The zero-order valence-electron chi connectivity index (χ0n) is 15.2. The lowest BCUT2D eigenvalue weighted by molar-refractivity contribution is -0.128. The first-order chi connectivity index (χ1) is 13.0. The first kappa shape index (κ1) is 19.6. The van der Waals surface area contributed by atoms with Crippen molar-refractivity contribution in [3.8, 4) is 0 Å². The van der Waals surface area contributed by atoms with Crippen LogP contribution in [0.4, 0.5) is 11.4 Å². The minimum atomic E-state index is -0.0958.